The SMILES string of the molecule is O=C1CC/C=C\[C@@H]2O[C@@]34C=CCN(c5ccc6ccccc6c5)C(=O)[C@@H]3N(CCCCCCO)C(=O)[C@H]4[C@@H]2C(=O)O[C@@H](c2ccccc2)CN1. The van der Waals surface area contributed by atoms with Gasteiger partial charge in [-0.2, -0.15) is 0 Å². The molecule has 50 heavy (non-hydrogen) atoms. The molecule has 4 aliphatic heterocycles. The van der Waals surface area contributed by atoms with Crippen LogP contribution in [0.5, 0.6) is 0 Å². The number of likely N-dealkylation sites (tertiary alicyclic amines) is 1. The van der Waals surface area contributed by atoms with Crippen molar-refractivity contribution in [3.63, 3.8) is 0 Å². The molecule has 4 aliphatic rings. The standard InChI is InChI=1S/C40H43N3O7/c44-24-11-2-1-10-22-43-36-38(47)42(30-20-19-27-13-6-7-16-29(27)25-30)23-12-21-40(36)35(37(43)46)34-31(50-40)17-8-9-18-33(45)41-26-32(49-39(34)48)28-14-4-3-5-15-28/h3-8,12-17,19-21,25,31-32,34-36,44H,1-2,9-11,18,22-24,26H2,(H,41,45)/b17-8-/t31-,32+,34+,35+,36-,40+/m0/s1. The third-order valence-corrected chi connectivity index (χ3v) is 10.4. The molecule has 0 saturated carbocycles. The molecule has 1 spiro atoms. The minimum atomic E-state index is -1.42. The molecule has 0 aliphatic carbocycles. The van der Waals surface area contributed by atoms with Crippen LogP contribution in [0.25, 0.3) is 10.8 Å². The van der Waals surface area contributed by atoms with Crippen LogP contribution in [-0.2, 0) is 28.7 Å². The maximum atomic E-state index is 14.9. The quantitative estimate of drug-likeness (QED) is 0.203. The highest BCUT2D eigenvalue weighted by atomic mass is 16.6. The fourth-order valence-electron chi connectivity index (χ4n) is 7.97. The van der Waals surface area contributed by atoms with Gasteiger partial charge in [0.1, 0.15) is 23.7 Å². The largest absolute Gasteiger partial charge is 0.455 e. The van der Waals surface area contributed by atoms with E-state index in [1.807, 2.05) is 84.9 Å². The molecule has 2 N–H and O–H groups in total. The number of cyclic esters (lactones) is 1. The number of aliphatic hydroxyl groups excluding tert-OH is 1. The normalized spacial score (nSPS) is 28.9. The van der Waals surface area contributed by atoms with Crippen LogP contribution in [0, 0.1) is 11.8 Å². The zero-order valence-electron chi connectivity index (χ0n) is 28.0. The summed E-state index contributed by atoms with van der Waals surface area (Å²) in [4.78, 5) is 59.9. The second kappa shape index (κ2) is 14.6. The van der Waals surface area contributed by atoms with E-state index >= 15 is 0 Å². The Morgan fingerprint density at radius 1 is 0.860 bits per heavy atom. The number of carbonyl (C=O) groups is 4. The Labute approximate surface area is 291 Å². The Bertz CT molecular complexity index is 1810. The van der Waals surface area contributed by atoms with Gasteiger partial charge in [-0.1, -0.05) is 97.8 Å². The van der Waals surface area contributed by atoms with Crippen molar-refractivity contribution in [3.8, 4) is 0 Å². The Kier molecular flexibility index (Phi) is 9.83. The second-order valence-electron chi connectivity index (χ2n) is 13.5. The highest BCUT2D eigenvalue weighted by Gasteiger charge is 2.71. The van der Waals surface area contributed by atoms with Gasteiger partial charge in [0.15, 0.2) is 0 Å². The number of rotatable bonds is 8. The van der Waals surface area contributed by atoms with E-state index in [0.29, 0.717) is 31.5 Å². The van der Waals surface area contributed by atoms with Crippen LogP contribution >= 0.6 is 0 Å². The number of anilines is 1. The molecule has 10 heteroatoms. The van der Waals surface area contributed by atoms with E-state index in [9.17, 15) is 24.3 Å². The molecule has 6 atom stereocenters. The first-order chi connectivity index (χ1) is 24.4. The Balaban J connectivity index is 1.27. The lowest BCUT2D eigenvalue weighted by Gasteiger charge is -2.35. The summed E-state index contributed by atoms with van der Waals surface area (Å²) in [6.07, 6.45) is 9.15. The molecule has 0 bridgehead atoms. The summed E-state index contributed by atoms with van der Waals surface area (Å²) in [5.41, 5.74) is 0.00976. The number of allylic oxidation sites excluding steroid dienone is 1. The molecule has 0 unspecified atom stereocenters. The second-order valence-corrected chi connectivity index (χ2v) is 13.5. The summed E-state index contributed by atoms with van der Waals surface area (Å²) in [6.45, 7) is 0.759. The van der Waals surface area contributed by atoms with Gasteiger partial charge in [-0.3, -0.25) is 19.2 Å². The zero-order chi connectivity index (χ0) is 34.7. The lowest BCUT2D eigenvalue weighted by Crippen LogP contribution is -2.55. The first-order valence-electron chi connectivity index (χ1n) is 17.7. The number of fused-ring (bicyclic) bond motifs is 3. The van der Waals surface area contributed by atoms with Gasteiger partial charge in [0, 0.05) is 31.8 Å². The monoisotopic (exact) mass is 677 g/mol. The van der Waals surface area contributed by atoms with Crippen molar-refractivity contribution in [2.75, 3.05) is 31.1 Å². The molecular weight excluding hydrogens is 634 g/mol. The van der Waals surface area contributed by atoms with Gasteiger partial charge in [0.05, 0.1) is 18.6 Å². The number of hydrogen-bond acceptors (Lipinski definition) is 7. The maximum Gasteiger partial charge on any atom is 0.313 e. The van der Waals surface area contributed by atoms with Crippen LogP contribution in [0.3, 0.4) is 0 Å². The highest BCUT2D eigenvalue weighted by Crippen LogP contribution is 2.53. The fourth-order valence-corrected chi connectivity index (χ4v) is 7.97. The minimum absolute atomic E-state index is 0.0853. The molecule has 3 aromatic carbocycles. The third-order valence-electron chi connectivity index (χ3n) is 10.4. The molecule has 10 nitrogen and oxygen atoms in total. The van der Waals surface area contributed by atoms with E-state index in [-0.39, 0.29) is 43.8 Å². The van der Waals surface area contributed by atoms with Crippen LogP contribution in [-0.4, -0.2) is 77.7 Å². The number of unbranched alkanes of at least 4 members (excludes halogenated alkanes) is 3. The topological polar surface area (TPSA) is 125 Å². The van der Waals surface area contributed by atoms with Crippen molar-refractivity contribution in [3.05, 3.63) is 103 Å². The van der Waals surface area contributed by atoms with Crippen LogP contribution < -0.4 is 10.2 Å². The lowest BCUT2D eigenvalue weighted by molar-refractivity contribution is -0.159. The van der Waals surface area contributed by atoms with E-state index in [4.69, 9.17) is 9.47 Å². The molecule has 4 heterocycles. The molecule has 2 fully saturated rings. The van der Waals surface area contributed by atoms with E-state index in [1.165, 1.54) is 0 Å². The van der Waals surface area contributed by atoms with Gasteiger partial charge in [0.25, 0.3) is 5.91 Å². The minimum Gasteiger partial charge on any atom is -0.455 e. The number of benzene rings is 3. The number of aliphatic hydroxyl groups is 1. The predicted octanol–water partition coefficient (Wildman–Crippen LogP) is 4.63. The average molecular weight is 678 g/mol. The first-order valence-corrected chi connectivity index (χ1v) is 17.7. The Morgan fingerprint density at radius 3 is 2.46 bits per heavy atom. The number of hydrogen-bond donors (Lipinski definition) is 2. The van der Waals surface area contributed by atoms with Crippen LogP contribution in [0.4, 0.5) is 5.69 Å². The number of carbonyl (C=O) groups excluding carboxylic acids is 4. The number of amides is 3. The van der Waals surface area contributed by atoms with Crippen molar-refractivity contribution < 1.29 is 33.8 Å². The summed E-state index contributed by atoms with van der Waals surface area (Å²) in [5.74, 6) is -3.39. The van der Waals surface area contributed by atoms with Crippen molar-refractivity contribution in [1.82, 2.24) is 10.2 Å². The van der Waals surface area contributed by atoms with Crippen LogP contribution in [0.15, 0.2) is 97.1 Å². The Hall–Kier alpha value is -4.80. The van der Waals surface area contributed by atoms with Crippen molar-refractivity contribution in [2.24, 2.45) is 11.8 Å². The summed E-state index contributed by atoms with van der Waals surface area (Å²) in [6, 6.07) is 22.0. The first kappa shape index (κ1) is 33.7. The summed E-state index contributed by atoms with van der Waals surface area (Å²) in [5, 5.41) is 14.2. The van der Waals surface area contributed by atoms with Crippen LogP contribution in [0.2, 0.25) is 0 Å². The maximum absolute atomic E-state index is 14.9. The molecule has 2 saturated heterocycles. The van der Waals surface area contributed by atoms with Gasteiger partial charge in [0.2, 0.25) is 11.8 Å². The number of nitrogens with zero attached hydrogens (tertiary/aromatic N) is 2. The lowest BCUT2D eigenvalue weighted by atomic mass is 9.78. The number of esters is 1. The zero-order valence-corrected chi connectivity index (χ0v) is 28.0. The molecule has 7 rings (SSSR count). The van der Waals surface area contributed by atoms with Gasteiger partial charge >= 0.3 is 5.97 Å². The number of nitrogens with one attached hydrogen (secondary N) is 1. The van der Waals surface area contributed by atoms with Gasteiger partial charge in [-0.25, -0.2) is 0 Å². The third kappa shape index (κ3) is 6.33. The summed E-state index contributed by atoms with van der Waals surface area (Å²) in [7, 11) is 0. The van der Waals surface area contributed by atoms with Crippen LogP contribution in [0.1, 0.15) is 50.2 Å². The van der Waals surface area contributed by atoms with Gasteiger partial charge in [-0.05, 0) is 47.7 Å². The molecule has 3 amide bonds. The predicted molar refractivity (Wildman–Crippen MR) is 188 cm³/mol. The van der Waals surface area contributed by atoms with E-state index < -0.39 is 41.7 Å². The van der Waals surface area contributed by atoms with E-state index in [2.05, 4.69) is 5.32 Å². The summed E-state index contributed by atoms with van der Waals surface area (Å²) < 4.78 is 13.0. The van der Waals surface area contributed by atoms with Gasteiger partial charge < -0.3 is 29.7 Å². The van der Waals surface area contributed by atoms with Gasteiger partial charge in [-0.15, -0.1) is 0 Å². The van der Waals surface area contributed by atoms with E-state index in [0.717, 1.165) is 29.2 Å². The molecule has 0 aromatic heterocycles. The molecule has 260 valence electrons. The average Bonchev–Trinajstić information content (AvgIpc) is 3.51. The molecular formula is C40H43N3O7. The molecule has 3 aromatic rings. The summed E-state index contributed by atoms with van der Waals surface area (Å²) >= 11 is 0. The highest BCUT2D eigenvalue weighted by molar-refractivity contribution is 6.06. The van der Waals surface area contributed by atoms with E-state index in [1.54, 1.807) is 22.0 Å². The van der Waals surface area contributed by atoms with Crippen molar-refractivity contribution >= 4 is 40.2 Å². The van der Waals surface area contributed by atoms with Crippen molar-refractivity contribution in [2.45, 2.75) is 62.4 Å². The number of ether oxygens (including phenoxy) is 2. The molecule has 0 radical (unpaired) electrons. The Morgan fingerprint density at radius 2 is 1.64 bits per heavy atom. The van der Waals surface area contributed by atoms with Crippen molar-refractivity contribution in [1.29, 1.82) is 0 Å². The fraction of sp³-hybridized carbons (Fsp3) is 0.400. The smallest absolute Gasteiger partial charge is 0.313 e.